The molecule has 0 saturated heterocycles. The van der Waals surface area contributed by atoms with Gasteiger partial charge in [-0.3, -0.25) is 0 Å². The molecule has 2 nitrogen and oxygen atoms in total. The molecule has 0 atom stereocenters. The predicted molar refractivity (Wildman–Crippen MR) is 362 cm³/mol. The number of para-hydroxylation sites is 2. The van der Waals surface area contributed by atoms with E-state index in [0.717, 1.165) is 45.3 Å². The third kappa shape index (κ3) is 8.02. The van der Waals surface area contributed by atoms with Crippen LogP contribution in [-0.4, -0.2) is 0 Å². The van der Waals surface area contributed by atoms with Crippen molar-refractivity contribution in [3.63, 3.8) is 0 Å². The maximum atomic E-state index is 2.49. The van der Waals surface area contributed by atoms with Crippen LogP contribution in [0, 0.1) is 13.8 Å². The molecular weight excluding hydrogens is 1010 g/mol. The van der Waals surface area contributed by atoms with Crippen molar-refractivity contribution in [2.45, 2.75) is 13.8 Å². The summed E-state index contributed by atoms with van der Waals surface area (Å²) in [7, 11) is 0. The van der Waals surface area contributed by atoms with E-state index >= 15 is 0 Å². The van der Waals surface area contributed by atoms with E-state index in [4.69, 9.17) is 0 Å². The lowest BCUT2D eigenvalue weighted by Crippen LogP contribution is -2.13. The minimum Gasteiger partial charge on any atom is -0.310 e. The number of nitrogens with zero attached hydrogens (tertiary/aromatic N) is 2. The van der Waals surface area contributed by atoms with Gasteiger partial charge in [0, 0.05) is 33.9 Å². The van der Waals surface area contributed by atoms with E-state index < -0.39 is 0 Å². The molecule has 0 unspecified atom stereocenters. The first-order chi connectivity index (χ1) is 41.5. The van der Waals surface area contributed by atoms with Gasteiger partial charge in [-0.15, -0.1) is 0 Å². The molecule has 0 bridgehead atoms. The molecule has 16 aromatic carbocycles. The van der Waals surface area contributed by atoms with Crippen molar-refractivity contribution >= 4 is 120 Å². The topological polar surface area (TPSA) is 6.48 Å². The van der Waals surface area contributed by atoms with Gasteiger partial charge in [0.1, 0.15) is 0 Å². The van der Waals surface area contributed by atoms with E-state index in [1.807, 2.05) is 0 Å². The summed E-state index contributed by atoms with van der Waals surface area (Å²) in [5, 5.41) is 20.0. The second-order valence-corrected chi connectivity index (χ2v) is 22.4. The highest BCUT2D eigenvalue weighted by atomic mass is 15.2. The summed E-state index contributed by atoms with van der Waals surface area (Å²) in [4.78, 5) is 4.99. The Morgan fingerprint density at radius 3 is 0.845 bits per heavy atom. The molecule has 0 aliphatic carbocycles. The van der Waals surface area contributed by atoms with Crippen LogP contribution < -0.4 is 9.80 Å². The number of fused-ring (bicyclic) bond motifs is 14. The molecule has 0 heterocycles. The third-order valence-corrected chi connectivity index (χ3v) is 17.6. The lowest BCUT2D eigenvalue weighted by molar-refractivity contribution is 1.25. The van der Waals surface area contributed by atoms with Crippen LogP contribution in [0.15, 0.2) is 303 Å². The zero-order valence-electron chi connectivity index (χ0n) is 46.8. The van der Waals surface area contributed by atoms with Gasteiger partial charge in [0.25, 0.3) is 0 Å². The molecule has 394 valence electrons. The SMILES string of the molecule is Cc1cc(-c2ccc(N(c3ccc4c5ccccc5c5ccccc5c4c3)c3ccccc3-c3cccc4ccccc34)c(C)c2)ccc1N(c1ccc2c3ccccc3c3ccccc3c2c1)c1ccccc1-c1cccc2ccccc12. The first-order valence-corrected chi connectivity index (χ1v) is 29.2. The highest BCUT2D eigenvalue weighted by molar-refractivity contribution is 6.27. The van der Waals surface area contributed by atoms with Gasteiger partial charge >= 0.3 is 0 Å². The van der Waals surface area contributed by atoms with Crippen LogP contribution in [0.4, 0.5) is 34.1 Å². The van der Waals surface area contributed by atoms with Crippen LogP contribution in [0.25, 0.3) is 120 Å². The molecule has 0 aliphatic heterocycles. The zero-order valence-corrected chi connectivity index (χ0v) is 46.8. The summed E-state index contributed by atoms with van der Waals surface area (Å²) in [5.41, 5.74) is 16.1. The molecule has 2 heteroatoms. The summed E-state index contributed by atoms with van der Waals surface area (Å²) >= 11 is 0. The van der Waals surface area contributed by atoms with Crippen LogP contribution in [0.2, 0.25) is 0 Å². The predicted octanol–water partition coefficient (Wildman–Crippen LogP) is 23.5. The Hall–Kier alpha value is -10.8. The fourth-order valence-corrected chi connectivity index (χ4v) is 13.8. The molecular formula is C82H56N2. The Labute approximate surface area is 489 Å². The number of anilines is 6. The van der Waals surface area contributed by atoms with Crippen molar-refractivity contribution in [1.29, 1.82) is 0 Å². The minimum atomic E-state index is 1.10. The van der Waals surface area contributed by atoms with E-state index in [1.54, 1.807) is 0 Å². The fourth-order valence-electron chi connectivity index (χ4n) is 13.8. The van der Waals surface area contributed by atoms with Crippen molar-refractivity contribution in [3.05, 3.63) is 314 Å². The number of rotatable bonds is 9. The Kier molecular flexibility index (Phi) is 11.7. The quantitative estimate of drug-likeness (QED) is 0.133. The second kappa shape index (κ2) is 20.0. The second-order valence-electron chi connectivity index (χ2n) is 22.4. The fraction of sp³-hybridized carbons (Fsp3) is 0.0244. The Morgan fingerprint density at radius 2 is 0.476 bits per heavy atom. The monoisotopic (exact) mass is 1070 g/mol. The summed E-state index contributed by atoms with van der Waals surface area (Å²) in [6, 6.07) is 112. The van der Waals surface area contributed by atoms with Crippen molar-refractivity contribution in [2.75, 3.05) is 9.80 Å². The smallest absolute Gasteiger partial charge is 0.0540 e. The maximum Gasteiger partial charge on any atom is 0.0540 e. The lowest BCUT2D eigenvalue weighted by Gasteiger charge is -2.31. The first kappa shape index (κ1) is 49.1. The molecule has 0 spiro atoms. The van der Waals surface area contributed by atoms with Gasteiger partial charge in [0.15, 0.2) is 0 Å². The van der Waals surface area contributed by atoms with E-state index in [9.17, 15) is 0 Å². The molecule has 0 aliphatic rings. The van der Waals surface area contributed by atoms with Gasteiger partial charge in [-0.05, 0) is 194 Å². The van der Waals surface area contributed by atoms with E-state index in [-0.39, 0.29) is 0 Å². The first-order valence-electron chi connectivity index (χ1n) is 29.2. The third-order valence-electron chi connectivity index (χ3n) is 17.6. The Morgan fingerprint density at radius 1 is 0.190 bits per heavy atom. The molecule has 16 rings (SSSR count). The Bertz CT molecular complexity index is 4910. The van der Waals surface area contributed by atoms with Gasteiger partial charge in [-0.2, -0.15) is 0 Å². The molecule has 16 aromatic rings. The summed E-state index contributed by atoms with van der Waals surface area (Å²) < 4.78 is 0. The number of hydrogen-bond donors (Lipinski definition) is 0. The average Bonchev–Trinajstić information content (AvgIpc) is 1.53. The van der Waals surface area contributed by atoms with Gasteiger partial charge in [0.05, 0.1) is 11.4 Å². The van der Waals surface area contributed by atoms with Gasteiger partial charge in [0.2, 0.25) is 0 Å². The minimum absolute atomic E-state index is 1.10. The van der Waals surface area contributed by atoms with Crippen molar-refractivity contribution in [2.24, 2.45) is 0 Å². The summed E-state index contributed by atoms with van der Waals surface area (Å²) in [6.07, 6.45) is 0. The maximum absolute atomic E-state index is 2.49. The Balaban J connectivity index is 0.861. The van der Waals surface area contributed by atoms with E-state index in [2.05, 4.69) is 327 Å². The highest BCUT2D eigenvalue weighted by Gasteiger charge is 2.24. The van der Waals surface area contributed by atoms with Crippen LogP contribution >= 0.6 is 0 Å². The molecule has 0 radical (unpaired) electrons. The van der Waals surface area contributed by atoms with Crippen LogP contribution in [-0.2, 0) is 0 Å². The average molecular weight is 1070 g/mol. The van der Waals surface area contributed by atoms with Gasteiger partial charge < -0.3 is 9.80 Å². The highest BCUT2D eigenvalue weighted by Crippen LogP contribution is 2.49. The molecule has 0 fully saturated rings. The molecule has 0 N–H and O–H groups in total. The molecule has 0 aromatic heterocycles. The van der Waals surface area contributed by atoms with E-state index in [0.29, 0.717) is 0 Å². The molecule has 0 saturated carbocycles. The number of hydrogen-bond acceptors (Lipinski definition) is 2. The summed E-state index contributed by atoms with van der Waals surface area (Å²) in [6.45, 7) is 4.55. The number of benzene rings is 16. The van der Waals surface area contributed by atoms with E-state index in [1.165, 1.54) is 120 Å². The molecule has 84 heavy (non-hydrogen) atoms. The van der Waals surface area contributed by atoms with Gasteiger partial charge in [-0.25, -0.2) is 0 Å². The van der Waals surface area contributed by atoms with Crippen molar-refractivity contribution in [1.82, 2.24) is 0 Å². The largest absolute Gasteiger partial charge is 0.310 e. The lowest BCUT2D eigenvalue weighted by atomic mass is 9.93. The van der Waals surface area contributed by atoms with Crippen molar-refractivity contribution < 1.29 is 0 Å². The summed E-state index contributed by atoms with van der Waals surface area (Å²) in [5.74, 6) is 0. The van der Waals surface area contributed by atoms with Gasteiger partial charge in [-0.1, -0.05) is 243 Å². The van der Waals surface area contributed by atoms with Crippen molar-refractivity contribution in [3.8, 4) is 33.4 Å². The van der Waals surface area contributed by atoms with Crippen LogP contribution in [0.5, 0.6) is 0 Å². The zero-order chi connectivity index (χ0) is 55.8. The molecule has 0 amide bonds. The van der Waals surface area contributed by atoms with Crippen LogP contribution in [0.3, 0.4) is 0 Å². The normalized spacial score (nSPS) is 11.7. The van der Waals surface area contributed by atoms with Crippen LogP contribution in [0.1, 0.15) is 11.1 Å². The standard InChI is InChI=1S/C82H56N2/c1-53-49-57(41-47-79(53)83(81-39-17-15-35-75(81)63-37-19-23-55-21-3-5-25-61(55)63)59-43-45-73-69-31-9-7-27-65(69)67-29-11-13-33-71(67)77(73)51-59)58-42-48-80(54(2)50-58)84(82-40-18-16-36-76(82)64-38-20-24-56-22-4-6-26-62(56)64)60-44-46-74-70-32-10-8-28-66(70)68-30-12-14-34-72(68)78(74)52-60/h3-52H,1-2H3. The number of aryl methyl sites for hydroxylation is 2.